The quantitative estimate of drug-likeness (QED) is 0.614. The number of piperidine rings is 1. The van der Waals surface area contributed by atoms with E-state index in [1.54, 1.807) is 23.2 Å². The van der Waals surface area contributed by atoms with Crippen molar-refractivity contribution in [2.75, 3.05) is 26.2 Å². The van der Waals surface area contributed by atoms with Crippen LogP contribution >= 0.6 is 15.9 Å². The summed E-state index contributed by atoms with van der Waals surface area (Å²) >= 11 is 3.26. The van der Waals surface area contributed by atoms with Gasteiger partial charge < -0.3 is 14.5 Å². The van der Waals surface area contributed by atoms with Gasteiger partial charge in [-0.05, 0) is 73.0 Å². The summed E-state index contributed by atoms with van der Waals surface area (Å²) in [5.41, 5.74) is 0.335. The van der Waals surface area contributed by atoms with E-state index in [0.29, 0.717) is 54.8 Å². The van der Waals surface area contributed by atoms with Gasteiger partial charge in [-0.2, -0.15) is 0 Å². The van der Waals surface area contributed by atoms with Crippen molar-refractivity contribution >= 4 is 27.7 Å². The molecule has 160 valence electrons. The fourth-order valence-electron chi connectivity index (χ4n) is 3.59. The molecule has 6 nitrogen and oxygen atoms in total. The lowest BCUT2D eigenvalue weighted by molar-refractivity contribution is -0.136. The number of benzene rings is 1. The van der Waals surface area contributed by atoms with Gasteiger partial charge in [0, 0.05) is 38.3 Å². The summed E-state index contributed by atoms with van der Waals surface area (Å²) in [4.78, 5) is 33.5. The number of halogens is 2. The molecule has 0 bridgehead atoms. The first-order chi connectivity index (χ1) is 14.4. The predicted octanol–water partition coefficient (Wildman–Crippen LogP) is 4.50. The van der Waals surface area contributed by atoms with Gasteiger partial charge in [0.05, 0.1) is 4.47 Å². The minimum Gasteiger partial charge on any atom is -0.437 e. The molecule has 30 heavy (non-hydrogen) atoms. The SMILES string of the molecule is CCN(CC)C(=O)C1CCN(C(=O)c2cccnc2Oc2ccc(F)cc2Br)CC1. The lowest BCUT2D eigenvalue weighted by Gasteiger charge is -2.33. The third-order valence-electron chi connectivity index (χ3n) is 5.31. The van der Waals surface area contributed by atoms with Gasteiger partial charge in [0.25, 0.3) is 5.91 Å². The standard InChI is InChI=1S/C22H25BrFN3O3/c1-3-26(4-2)21(28)15-9-12-27(13-10-15)22(29)17-6-5-11-25-20(17)30-19-8-7-16(24)14-18(19)23/h5-8,11,14-15H,3-4,9-10,12-13H2,1-2H3. The van der Waals surface area contributed by atoms with Crippen LogP contribution in [0.2, 0.25) is 0 Å². The average molecular weight is 478 g/mol. The maximum Gasteiger partial charge on any atom is 0.259 e. The summed E-state index contributed by atoms with van der Waals surface area (Å²) in [6.45, 7) is 6.36. The highest BCUT2D eigenvalue weighted by Gasteiger charge is 2.31. The summed E-state index contributed by atoms with van der Waals surface area (Å²) in [6, 6.07) is 7.39. The number of amides is 2. The first kappa shape index (κ1) is 22.2. The highest BCUT2D eigenvalue weighted by Crippen LogP contribution is 2.31. The van der Waals surface area contributed by atoms with Crippen molar-refractivity contribution in [3.8, 4) is 11.6 Å². The van der Waals surface area contributed by atoms with Crippen LogP contribution in [0.25, 0.3) is 0 Å². The number of hydrogen-bond donors (Lipinski definition) is 0. The molecule has 1 aliphatic heterocycles. The Morgan fingerprint density at radius 1 is 1.23 bits per heavy atom. The Morgan fingerprint density at radius 2 is 1.93 bits per heavy atom. The highest BCUT2D eigenvalue weighted by molar-refractivity contribution is 9.10. The van der Waals surface area contributed by atoms with Gasteiger partial charge in [-0.15, -0.1) is 0 Å². The maximum atomic E-state index is 13.3. The predicted molar refractivity (Wildman–Crippen MR) is 115 cm³/mol. The molecule has 0 radical (unpaired) electrons. The monoisotopic (exact) mass is 477 g/mol. The fraction of sp³-hybridized carbons (Fsp3) is 0.409. The lowest BCUT2D eigenvalue weighted by atomic mass is 9.94. The van der Waals surface area contributed by atoms with E-state index in [4.69, 9.17) is 4.74 Å². The van der Waals surface area contributed by atoms with Gasteiger partial charge in [0.2, 0.25) is 11.8 Å². The molecule has 0 spiro atoms. The molecule has 3 rings (SSSR count). The topological polar surface area (TPSA) is 62.7 Å². The Labute approximate surface area is 184 Å². The van der Waals surface area contributed by atoms with Crippen molar-refractivity contribution in [2.24, 2.45) is 5.92 Å². The largest absolute Gasteiger partial charge is 0.437 e. The van der Waals surface area contributed by atoms with Crippen LogP contribution in [0.1, 0.15) is 37.0 Å². The van der Waals surface area contributed by atoms with E-state index >= 15 is 0 Å². The zero-order chi connectivity index (χ0) is 21.7. The van der Waals surface area contributed by atoms with Crippen LogP contribution in [0.4, 0.5) is 4.39 Å². The Balaban J connectivity index is 1.70. The molecule has 1 aliphatic rings. The number of nitrogens with zero attached hydrogens (tertiary/aromatic N) is 3. The molecule has 0 atom stereocenters. The smallest absolute Gasteiger partial charge is 0.259 e. The molecule has 8 heteroatoms. The van der Waals surface area contributed by atoms with Crippen LogP contribution in [0.15, 0.2) is 41.0 Å². The molecule has 0 aliphatic carbocycles. The molecule has 2 aromatic rings. The molecule has 2 heterocycles. The van der Waals surface area contributed by atoms with Crippen LogP contribution in [-0.2, 0) is 4.79 Å². The van der Waals surface area contributed by atoms with E-state index < -0.39 is 5.82 Å². The van der Waals surface area contributed by atoms with Gasteiger partial charge in [-0.3, -0.25) is 9.59 Å². The second-order valence-corrected chi connectivity index (χ2v) is 7.96. The number of hydrogen-bond acceptors (Lipinski definition) is 4. The Morgan fingerprint density at radius 3 is 2.57 bits per heavy atom. The van der Waals surface area contributed by atoms with E-state index in [1.165, 1.54) is 18.2 Å². The molecule has 0 N–H and O–H groups in total. The van der Waals surface area contributed by atoms with Crippen LogP contribution in [0.5, 0.6) is 11.6 Å². The number of aromatic nitrogens is 1. The Hall–Kier alpha value is -2.48. The van der Waals surface area contributed by atoms with Crippen molar-refractivity contribution in [1.82, 2.24) is 14.8 Å². The Kier molecular flexibility index (Phi) is 7.42. The van der Waals surface area contributed by atoms with Crippen LogP contribution in [-0.4, -0.2) is 52.8 Å². The van der Waals surface area contributed by atoms with E-state index in [0.717, 1.165) is 0 Å². The van der Waals surface area contributed by atoms with Crippen molar-refractivity contribution < 1.29 is 18.7 Å². The molecule has 1 aromatic heterocycles. The van der Waals surface area contributed by atoms with Crippen molar-refractivity contribution in [1.29, 1.82) is 0 Å². The number of carbonyl (C=O) groups is 2. The second-order valence-electron chi connectivity index (χ2n) is 7.11. The van der Waals surface area contributed by atoms with Crippen LogP contribution < -0.4 is 4.74 Å². The van der Waals surface area contributed by atoms with E-state index in [-0.39, 0.29) is 23.6 Å². The molecule has 1 saturated heterocycles. The maximum absolute atomic E-state index is 13.3. The summed E-state index contributed by atoms with van der Waals surface area (Å²) < 4.78 is 19.6. The van der Waals surface area contributed by atoms with Gasteiger partial charge in [-0.25, -0.2) is 9.37 Å². The third-order valence-corrected chi connectivity index (χ3v) is 5.93. The van der Waals surface area contributed by atoms with Gasteiger partial charge in [-0.1, -0.05) is 0 Å². The summed E-state index contributed by atoms with van der Waals surface area (Å²) in [7, 11) is 0. The van der Waals surface area contributed by atoms with E-state index in [2.05, 4.69) is 20.9 Å². The number of rotatable bonds is 6. The normalized spacial score (nSPS) is 14.5. The minimum atomic E-state index is -0.395. The molecule has 2 amide bonds. The first-order valence-electron chi connectivity index (χ1n) is 10.1. The number of likely N-dealkylation sites (tertiary alicyclic amines) is 1. The van der Waals surface area contributed by atoms with Crippen LogP contribution in [0.3, 0.4) is 0 Å². The molecular formula is C22H25BrFN3O3. The zero-order valence-electron chi connectivity index (χ0n) is 17.1. The number of pyridine rings is 1. The highest BCUT2D eigenvalue weighted by atomic mass is 79.9. The fourth-order valence-corrected chi connectivity index (χ4v) is 4.02. The molecule has 0 saturated carbocycles. The van der Waals surface area contributed by atoms with Crippen molar-refractivity contribution in [3.63, 3.8) is 0 Å². The number of carbonyl (C=O) groups excluding carboxylic acids is 2. The number of ether oxygens (including phenoxy) is 1. The van der Waals surface area contributed by atoms with E-state index in [1.807, 2.05) is 18.7 Å². The summed E-state index contributed by atoms with van der Waals surface area (Å²) in [6.07, 6.45) is 2.82. The lowest BCUT2D eigenvalue weighted by Crippen LogP contribution is -2.44. The van der Waals surface area contributed by atoms with Crippen molar-refractivity contribution in [2.45, 2.75) is 26.7 Å². The summed E-state index contributed by atoms with van der Waals surface area (Å²) in [5, 5.41) is 0. The average Bonchev–Trinajstić information content (AvgIpc) is 2.76. The molecular weight excluding hydrogens is 453 g/mol. The molecule has 1 fully saturated rings. The van der Waals surface area contributed by atoms with Gasteiger partial charge in [0.1, 0.15) is 17.1 Å². The Bertz CT molecular complexity index is 912. The summed E-state index contributed by atoms with van der Waals surface area (Å²) in [5.74, 6) is 0.0648. The zero-order valence-corrected chi connectivity index (χ0v) is 18.7. The molecule has 0 unspecified atom stereocenters. The van der Waals surface area contributed by atoms with Crippen molar-refractivity contribution in [3.05, 3.63) is 52.4 Å². The van der Waals surface area contributed by atoms with Gasteiger partial charge >= 0.3 is 0 Å². The van der Waals surface area contributed by atoms with Crippen LogP contribution in [0, 0.1) is 11.7 Å². The molecule has 1 aromatic carbocycles. The van der Waals surface area contributed by atoms with E-state index in [9.17, 15) is 14.0 Å². The van der Waals surface area contributed by atoms with Gasteiger partial charge in [0.15, 0.2) is 0 Å². The first-order valence-corrected chi connectivity index (χ1v) is 10.9. The minimum absolute atomic E-state index is 0.0475. The third kappa shape index (κ3) is 4.98. The second kappa shape index (κ2) is 10.0.